The largest absolute Gasteiger partial charge is 0.504 e. The number of nitrogens with zero attached hydrogens (tertiary/aromatic N) is 6. The lowest BCUT2D eigenvalue weighted by molar-refractivity contribution is -0.911. The Morgan fingerprint density at radius 3 is 2.43 bits per heavy atom. The number of quaternary nitrogens is 1. The Bertz CT molecular complexity index is 2340. The van der Waals surface area contributed by atoms with E-state index in [9.17, 15) is 54.0 Å². The summed E-state index contributed by atoms with van der Waals surface area (Å²) >= 11 is 2.13. The number of aromatic nitrogens is 3. The average molecular weight is 845 g/mol. The Labute approximate surface area is 335 Å². The molecule has 5 heterocycles. The second-order valence-electron chi connectivity index (χ2n) is 13.6. The van der Waals surface area contributed by atoms with Gasteiger partial charge in [0.1, 0.15) is 29.4 Å². The minimum Gasteiger partial charge on any atom is -0.504 e. The predicted octanol–water partition coefficient (Wildman–Crippen LogP) is -0.706. The van der Waals surface area contributed by atoms with Crippen molar-refractivity contribution in [2.45, 2.75) is 50.3 Å². The second-order valence-corrected chi connectivity index (χ2v) is 15.6. The summed E-state index contributed by atoms with van der Waals surface area (Å²) in [6.07, 6.45) is -1.30. The summed E-state index contributed by atoms with van der Waals surface area (Å²) in [7, 11) is 0. The Morgan fingerprint density at radius 1 is 1.10 bits per heavy atom. The van der Waals surface area contributed by atoms with Gasteiger partial charge in [0.05, 0.1) is 43.5 Å². The second kappa shape index (κ2) is 16.7. The number of nitrogen functional groups attached to an aromatic ring is 1. The van der Waals surface area contributed by atoms with Gasteiger partial charge >= 0.3 is 17.9 Å². The van der Waals surface area contributed by atoms with Crippen molar-refractivity contribution in [3.8, 4) is 11.5 Å². The maximum atomic E-state index is 13.6. The third kappa shape index (κ3) is 8.24. The van der Waals surface area contributed by atoms with Crippen molar-refractivity contribution >= 4 is 80.5 Å². The fourth-order valence-electron chi connectivity index (χ4n) is 7.12. The van der Waals surface area contributed by atoms with Crippen molar-refractivity contribution in [1.82, 2.24) is 30.3 Å². The number of β-lactam (4-membered cyclic amide) rings is 1. The number of phenols is 2. The molecule has 2 saturated heterocycles. The molecule has 3 unspecified atom stereocenters. The third-order valence-corrected chi connectivity index (χ3v) is 11.9. The number of hydrogen-bond acceptors (Lipinski definition) is 16. The molecule has 1 aromatic carbocycles. The monoisotopic (exact) mass is 844 g/mol. The van der Waals surface area contributed by atoms with Crippen molar-refractivity contribution in [3.05, 3.63) is 50.4 Å². The SMILES string of the molecule is CCn1nc(C(=O)NCC[N+]2(CC3=C(C(=O)O)N4C(=O)C(NC(=O)C(=NOC(CC(=O)O)C(=O)O)c5csc(N)n5)C4SC3)CCCC2)c(=O)c2cc(O)c(O)cc21. The number of carboxylic acids is 3. The highest BCUT2D eigenvalue weighted by Crippen LogP contribution is 2.41. The number of amides is 3. The van der Waals surface area contributed by atoms with Crippen LogP contribution in [-0.2, 0) is 35.4 Å². The van der Waals surface area contributed by atoms with Gasteiger partial charge < -0.3 is 51.2 Å². The molecule has 9 N–H and O–H groups in total. The van der Waals surface area contributed by atoms with E-state index in [4.69, 9.17) is 15.7 Å². The van der Waals surface area contributed by atoms with Crippen LogP contribution in [0.15, 0.2) is 38.7 Å². The van der Waals surface area contributed by atoms with E-state index in [-0.39, 0.29) is 52.8 Å². The number of carboxylic acid groups (broad SMARTS) is 3. The van der Waals surface area contributed by atoms with Gasteiger partial charge in [-0.2, -0.15) is 5.10 Å². The number of phenolic OH excluding ortho intramolecular Hbond substituents is 2. The normalized spacial score (nSPS) is 19.3. The van der Waals surface area contributed by atoms with E-state index < -0.39 is 87.9 Å². The van der Waals surface area contributed by atoms with E-state index in [0.717, 1.165) is 35.1 Å². The Morgan fingerprint density at radius 2 is 1.81 bits per heavy atom. The first-order valence-electron chi connectivity index (χ1n) is 17.7. The molecule has 0 radical (unpaired) electrons. The summed E-state index contributed by atoms with van der Waals surface area (Å²) in [5.41, 5.74) is 4.30. The molecule has 24 heteroatoms. The molecular formula is C34H38N9O13S2+. The minimum absolute atomic E-state index is 0.00182. The van der Waals surface area contributed by atoms with Crippen molar-refractivity contribution < 1.29 is 63.6 Å². The lowest BCUT2D eigenvalue weighted by Gasteiger charge is -2.50. The number of thiazole rings is 1. The van der Waals surface area contributed by atoms with Gasteiger partial charge in [0.25, 0.3) is 17.7 Å². The highest BCUT2D eigenvalue weighted by Gasteiger charge is 2.55. The molecule has 3 atom stereocenters. The number of aryl methyl sites for hydroxylation is 1. The summed E-state index contributed by atoms with van der Waals surface area (Å²) in [4.78, 5) is 98.8. The van der Waals surface area contributed by atoms with Crippen LogP contribution in [0, 0.1) is 0 Å². The lowest BCUT2D eigenvalue weighted by Crippen LogP contribution is -2.71. The van der Waals surface area contributed by atoms with Crippen LogP contribution in [0.2, 0.25) is 0 Å². The molecule has 2 fully saturated rings. The Kier molecular flexibility index (Phi) is 11.9. The highest BCUT2D eigenvalue weighted by molar-refractivity contribution is 8.00. The fourth-order valence-corrected chi connectivity index (χ4v) is 9.00. The van der Waals surface area contributed by atoms with Crippen LogP contribution in [0.3, 0.4) is 0 Å². The molecule has 0 spiro atoms. The lowest BCUT2D eigenvalue weighted by atomic mass is 10.0. The summed E-state index contributed by atoms with van der Waals surface area (Å²) < 4.78 is 1.74. The molecular weight excluding hydrogens is 807 g/mol. The number of benzene rings is 1. The molecule has 3 aliphatic rings. The molecule has 22 nitrogen and oxygen atoms in total. The first kappa shape index (κ1) is 41.4. The number of fused-ring (bicyclic) bond motifs is 2. The summed E-state index contributed by atoms with van der Waals surface area (Å²) in [6, 6.07) is 1.04. The fraction of sp³-hybridized carbons (Fsp3) is 0.412. The summed E-state index contributed by atoms with van der Waals surface area (Å²) in [5, 5.41) is 62.1. The Hall–Kier alpha value is -6.27. The molecule has 58 heavy (non-hydrogen) atoms. The number of nitrogens with two attached hydrogens (primary N) is 1. The molecule has 3 aliphatic heterocycles. The smallest absolute Gasteiger partial charge is 0.352 e. The average Bonchev–Trinajstić information content (AvgIpc) is 3.82. The minimum atomic E-state index is -1.96. The van der Waals surface area contributed by atoms with Crippen LogP contribution < -0.4 is 21.8 Å². The van der Waals surface area contributed by atoms with Gasteiger partial charge in [0.2, 0.25) is 11.5 Å². The van der Waals surface area contributed by atoms with E-state index in [1.807, 2.05) is 0 Å². The van der Waals surface area contributed by atoms with Crippen molar-refractivity contribution in [2.75, 3.05) is 44.2 Å². The first-order chi connectivity index (χ1) is 27.5. The van der Waals surface area contributed by atoms with Crippen molar-refractivity contribution in [2.24, 2.45) is 5.16 Å². The molecule has 0 aliphatic carbocycles. The van der Waals surface area contributed by atoms with Crippen LogP contribution in [0.4, 0.5) is 5.13 Å². The number of carbonyl (C=O) groups is 6. The molecule has 0 bridgehead atoms. The number of aliphatic carboxylic acids is 3. The quantitative estimate of drug-likeness (QED) is 0.0290. The van der Waals surface area contributed by atoms with Crippen LogP contribution >= 0.6 is 23.1 Å². The number of anilines is 1. The molecule has 2 aromatic heterocycles. The van der Waals surface area contributed by atoms with E-state index in [1.165, 1.54) is 27.9 Å². The zero-order chi connectivity index (χ0) is 42.1. The van der Waals surface area contributed by atoms with E-state index >= 15 is 0 Å². The van der Waals surface area contributed by atoms with Gasteiger partial charge in [-0.25, -0.2) is 14.6 Å². The zero-order valence-electron chi connectivity index (χ0n) is 30.6. The molecule has 0 saturated carbocycles. The maximum Gasteiger partial charge on any atom is 0.352 e. The number of hydrogen-bond donors (Lipinski definition) is 8. The predicted molar refractivity (Wildman–Crippen MR) is 204 cm³/mol. The number of nitrogens with one attached hydrogen (secondary N) is 2. The van der Waals surface area contributed by atoms with E-state index in [1.54, 1.807) is 6.92 Å². The third-order valence-electron chi connectivity index (χ3n) is 9.90. The van der Waals surface area contributed by atoms with Crippen LogP contribution in [0.5, 0.6) is 11.5 Å². The molecule has 3 amide bonds. The van der Waals surface area contributed by atoms with Gasteiger partial charge in [-0.1, -0.05) is 5.16 Å². The van der Waals surface area contributed by atoms with E-state index in [0.29, 0.717) is 29.7 Å². The number of oxime groups is 1. The summed E-state index contributed by atoms with van der Waals surface area (Å²) in [6.45, 7) is 3.96. The van der Waals surface area contributed by atoms with Gasteiger partial charge in [-0.15, -0.1) is 23.1 Å². The maximum absolute atomic E-state index is 13.6. The van der Waals surface area contributed by atoms with Gasteiger partial charge in [-0.3, -0.25) is 33.6 Å². The Balaban J connectivity index is 1.16. The number of likely N-dealkylation sites (tertiary alicyclic amines) is 1. The van der Waals surface area contributed by atoms with Crippen molar-refractivity contribution in [3.63, 3.8) is 0 Å². The summed E-state index contributed by atoms with van der Waals surface area (Å²) in [5.74, 6) is -7.84. The first-order valence-corrected chi connectivity index (χ1v) is 19.7. The van der Waals surface area contributed by atoms with Gasteiger partial charge in [0.15, 0.2) is 28.0 Å². The van der Waals surface area contributed by atoms with Gasteiger partial charge in [-0.05, 0) is 13.0 Å². The number of rotatable bonds is 16. The molecule has 6 rings (SSSR count). The van der Waals surface area contributed by atoms with Crippen LogP contribution in [0.1, 0.15) is 42.4 Å². The topological polar surface area (TPSA) is 326 Å². The number of thioether (sulfide) groups is 1. The van der Waals surface area contributed by atoms with Crippen LogP contribution in [-0.4, -0.2) is 147 Å². The molecule has 308 valence electrons. The van der Waals surface area contributed by atoms with Crippen molar-refractivity contribution in [1.29, 1.82) is 0 Å². The number of aromatic hydroxyl groups is 2. The highest BCUT2D eigenvalue weighted by atomic mass is 32.2. The molecule has 3 aromatic rings. The van der Waals surface area contributed by atoms with E-state index in [2.05, 4.69) is 25.9 Å². The number of carbonyl (C=O) groups excluding carboxylic acids is 3. The van der Waals surface area contributed by atoms with Gasteiger partial charge in [0, 0.05) is 42.2 Å². The van der Waals surface area contributed by atoms with Crippen LogP contribution in [0.25, 0.3) is 10.9 Å². The standard InChI is InChI=1S/C34H37N9O13S2/c1-2-41-18-10-20(45)19(44)9-16(18)27(48)24(39-41)28(49)36-5-8-43(6-3-4-7-43)12-15-13-57-31-25(30(51)42(31)26(15)33(54)55)38-29(50)23(17-14-58-34(35)37-17)40-56-21(32(52)53)11-22(46)47/h9-10,14,21,25,31H,2-8,11-13H2,1H3,(H8-,35,36,37,38,39,40,44,45,46,47,48,49,50,52,53,54,55)/p+1. The zero-order valence-corrected chi connectivity index (χ0v) is 32.2.